The third-order valence-corrected chi connectivity index (χ3v) is 8.29. The number of hydrogen-bond donors (Lipinski definition) is 3. The Kier molecular flexibility index (Phi) is 32.1. The van der Waals surface area contributed by atoms with E-state index in [0.29, 0.717) is 6.61 Å². The summed E-state index contributed by atoms with van der Waals surface area (Å²) in [5.41, 5.74) is 0. The third-order valence-electron chi connectivity index (χ3n) is 7.34. The van der Waals surface area contributed by atoms with Crippen molar-refractivity contribution in [3.63, 3.8) is 0 Å². The summed E-state index contributed by atoms with van der Waals surface area (Å²) in [6.07, 6.45) is 30.0. The van der Waals surface area contributed by atoms with Crippen molar-refractivity contribution in [3.05, 3.63) is 24.3 Å². The SMILES string of the molecule is CCC/C=C\CCCCCCCC(=O)OC(COCCCCCCCC/C=C\CCCCCC)COP(=O)(O)OCC(O)CO. The minimum Gasteiger partial charge on any atom is -0.457 e. The van der Waals surface area contributed by atoms with Crippen LogP contribution in [-0.2, 0) is 27.9 Å². The Bertz CT molecular complexity index is 759. The highest BCUT2D eigenvalue weighted by molar-refractivity contribution is 7.47. The first-order valence-corrected chi connectivity index (χ1v) is 19.3. The highest BCUT2D eigenvalue weighted by atomic mass is 31.2. The van der Waals surface area contributed by atoms with Gasteiger partial charge in [0.05, 0.1) is 26.4 Å². The molecule has 45 heavy (non-hydrogen) atoms. The van der Waals surface area contributed by atoms with E-state index in [1.165, 1.54) is 57.8 Å². The maximum absolute atomic E-state index is 12.5. The second-order valence-electron chi connectivity index (χ2n) is 11.9. The minimum atomic E-state index is -4.51. The topological polar surface area (TPSA) is 132 Å². The molecule has 0 aliphatic rings. The number of rotatable bonds is 34. The Balaban J connectivity index is 4.26. The van der Waals surface area contributed by atoms with E-state index in [1.54, 1.807) is 0 Å². The molecule has 0 aromatic heterocycles. The Labute approximate surface area is 274 Å². The second-order valence-corrected chi connectivity index (χ2v) is 13.3. The highest BCUT2D eigenvalue weighted by Gasteiger charge is 2.26. The van der Waals surface area contributed by atoms with E-state index in [2.05, 4.69) is 38.2 Å². The molecule has 0 aromatic rings. The third kappa shape index (κ3) is 32.7. The standard InChI is InChI=1S/C35H67O9P/c1-3-5-7-9-11-13-15-16-17-18-20-22-24-26-28-41-31-34(32-43-45(39,40)42-30-33(37)29-36)44-35(38)27-25-23-21-19-14-12-10-8-6-4-2/h8,10,13,15,33-34,36-37H,3-7,9,11-12,14,16-32H2,1-2H3,(H,39,40)/b10-8-,15-13-. The molecular formula is C35H67O9P. The summed E-state index contributed by atoms with van der Waals surface area (Å²) in [6, 6.07) is 0. The number of allylic oxidation sites excluding steroid dienone is 4. The normalized spacial score (nSPS) is 14.7. The molecule has 10 heteroatoms. The Morgan fingerprint density at radius 2 is 1.18 bits per heavy atom. The molecule has 3 N–H and O–H groups in total. The van der Waals surface area contributed by atoms with Gasteiger partial charge in [0.15, 0.2) is 0 Å². The van der Waals surface area contributed by atoms with E-state index >= 15 is 0 Å². The van der Waals surface area contributed by atoms with Gasteiger partial charge in [-0.3, -0.25) is 13.8 Å². The summed E-state index contributed by atoms with van der Waals surface area (Å²) in [5.74, 6) is -0.398. The lowest BCUT2D eigenvalue weighted by molar-refractivity contribution is -0.154. The molecule has 0 radical (unpaired) electrons. The van der Waals surface area contributed by atoms with Crippen molar-refractivity contribution in [2.45, 2.75) is 161 Å². The lowest BCUT2D eigenvalue weighted by Gasteiger charge is -2.20. The summed E-state index contributed by atoms with van der Waals surface area (Å²) in [4.78, 5) is 22.4. The van der Waals surface area contributed by atoms with E-state index in [4.69, 9.17) is 23.6 Å². The number of unbranched alkanes of at least 4 members (excludes halogenated alkanes) is 16. The molecule has 266 valence electrons. The molecule has 9 nitrogen and oxygen atoms in total. The van der Waals surface area contributed by atoms with E-state index in [0.717, 1.165) is 70.6 Å². The maximum atomic E-state index is 12.5. The predicted octanol–water partition coefficient (Wildman–Crippen LogP) is 8.75. The number of esters is 1. The van der Waals surface area contributed by atoms with Crippen LogP contribution in [0, 0.1) is 0 Å². The van der Waals surface area contributed by atoms with Crippen molar-refractivity contribution in [2.75, 3.05) is 33.0 Å². The zero-order valence-electron chi connectivity index (χ0n) is 28.6. The molecule has 0 heterocycles. The largest absolute Gasteiger partial charge is 0.472 e. The lowest BCUT2D eigenvalue weighted by Crippen LogP contribution is -2.29. The van der Waals surface area contributed by atoms with Crippen molar-refractivity contribution in [1.82, 2.24) is 0 Å². The zero-order valence-corrected chi connectivity index (χ0v) is 29.5. The van der Waals surface area contributed by atoms with Crippen LogP contribution in [0.25, 0.3) is 0 Å². The van der Waals surface area contributed by atoms with Gasteiger partial charge in [0.1, 0.15) is 12.2 Å². The number of aliphatic hydroxyl groups is 2. The Hall–Kier alpha value is -1.06. The van der Waals surface area contributed by atoms with Crippen molar-refractivity contribution in [2.24, 2.45) is 0 Å². The molecule has 0 rings (SSSR count). The van der Waals surface area contributed by atoms with Gasteiger partial charge in [0.2, 0.25) is 0 Å². The summed E-state index contributed by atoms with van der Waals surface area (Å²) in [6.45, 7) is 3.40. The fraction of sp³-hybridized carbons (Fsp3) is 0.857. The van der Waals surface area contributed by atoms with Crippen LogP contribution >= 0.6 is 7.82 Å². The number of ether oxygens (including phenoxy) is 2. The maximum Gasteiger partial charge on any atom is 0.472 e. The van der Waals surface area contributed by atoms with Crippen LogP contribution < -0.4 is 0 Å². The van der Waals surface area contributed by atoms with Crippen molar-refractivity contribution in [3.8, 4) is 0 Å². The van der Waals surface area contributed by atoms with Gasteiger partial charge in [-0.1, -0.05) is 109 Å². The summed E-state index contributed by atoms with van der Waals surface area (Å²) < 4.78 is 33.1. The van der Waals surface area contributed by atoms with Gasteiger partial charge >= 0.3 is 13.8 Å². The monoisotopic (exact) mass is 662 g/mol. The number of carbonyl (C=O) groups excluding carboxylic acids is 1. The summed E-state index contributed by atoms with van der Waals surface area (Å²) >= 11 is 0. The highest BCUT2D eigenvalue weighted by Crippen LogP contribution is 2.43. The zero-order chi connectivity index (χ0) is 33.3. The van der Waals surface area contributed by atoms with E-state index in [1.807, 2.05) is 0 Å². The Morgan fingerprint density at radius 3 is 1.76 bits per heavy atom. The van der Waals surface area contributed by atoms with Gasteiger partial charge in [-0.25, -0.2) is 4.57 Å². The van der Waals surface area contributed by atoms with Crippen LogP contribution in [0.2, 0.25) is 0 Å². The van der Waals surface area contributed by atoms with Crippen LogP contribution in [-0.4, -0.2) is 66.3 Å². The quantitative estimate of drug-likeness (QED) is 0.0268. The van der Waals surface area contributed by atoms with Crippen LogP contribution in [0.15, 0.2) is 24.3 Å². The van der Waals surface area contributed by atoms with Crippen LogP contribution in [0.5, 0.6) is 0 Å². The molecule has 0 saturated carbocycles. The molecule has 0 aliphatic carbocycles. The van der Waals surface area contributed by atoms with Gasteiger partial charge in [0.25, 0.3) is 0 Å². The van der Waals surface area contributed by atoms with E-state index < -0.39 is 39.2 Å². The lowest BCUT2D eigenvalue weighted by atomic mass is 10.1. The smallest absolute Gasteiger partial charge is 0.457 e. The van der Waals surface area contributed by atoms with Gasteiger partial charge in [-0.15, -0.1) is 0 Å². The van der Waals surface area contributed by atoms with E-state index in [9.17, 15) is 19.4 Å². The molecule has 0 amide bonds. The molecule has 0 aromatic carbocycles. The van der Waals surface area contributed by atoms with Crippen molar-refractivity contribution in [1.29, 1.82) is 0 Å². The minimum absolute atomic E-state index is 0.0430. The first-order chi connectivity index (χ1) is 21.8. The number of phosphoric ester groups is 1. The van der Waals surface area contributed by atoms with E-state index in [-0.39, 0.29) is 19.6 Å². The van der Waals surface area contributed by atoms with Crippen molar-refractivity contribution < 1.29 is 43.0 Å². The molecule has 3 atom stereocenters. The number of aliphatic hydroxyl groups excluding tert-OH is 2. The van der Waals surface area contributed by atoms with Gasteiger partial charge in [-0.05, 0) is 57.8 Å². The summed E-state index contributed by atoms with van der Waals surface area (Å²) in [7, 11) is -4.51. The predicted molar refractivity (Wildman–Crippen MR) is 182 cm³/mol. The number of hydrogen-bond acceptors (Lipinski definition) is 8. The molecule has 0 spiro atoms. The second kappa shape index (κ2) is 32.9. The average molecular weight is 663 g/mol. The van der Waals surface area contributed by atoms with Crippen LogP contribution in [0.1, 0.15) is 149 Å². The van der Waals surface area contributed by atoms with Gasteiger partial charge < -0.3 is 24.6 Å². The van der Waals surface area contributed by atoms with Gasteiger partial charge in [0, 0.05) is 13.0 Å². The molecule has 0 fully saturated rings. The molecule has 0 aliphatic heterocycles. The van der Waals surface area contributed by atoms with Gasteiger partial charge in [-0.2, -0.15) is 0 Å². The fourth-order valence-electron chi connectivity index (χ4n) is 4.59. The molecule has 0 saturated heterocycles. The summed E-state index contributed by atoms with van der Waals surface area (Å²) in [5, 5.41) is 18.2. The van der Waals surface area contributed by atoms with Crippen LogP contribution in [0.3, 0.4) is 0 Å². The number of phosphoric acid groups is 1. The van der Waals surface area contributed by atoms with Crippen molar-refractivity contribution >= 4 is 13.8 Å². The molecule has 3 unspecified atom stereocenters. The number of carbonyl (C=O) groups is 1. The fourth-order valence-corrected chi connectivity index (χ4v) is 5.38. The first kappa shape index (κ1) is 43.9. The average Bonchev–Trinajstić information content (AvgIpc) is 3.03. The van der Waals surface area contributed by atoms with Crippen LogP contribution in [0.4, 0.5) is 0 Å². The molecule has 0 bridgehead atoms. The first-order valence-electron chi connectivity index (χ1n) is 17.8. The molecular weight excluding hydrogens is 595 g/mol. The Morgan fingerprint density at radius 1 is 0.667 bits per heavy atom.